The molecule has 6 N–H and O–H groups in total. The van der Waals surface area contributed by atoms with Crippen LogP contribution in [-0.4, -0.2) is 87.5 Å². The van der Waals surface area contributed by atoms with Crippen molar-refractivity contribution in [2.24, 2.45) is 0 Å². The van der Waals surface area contributed by atoms with E-state index >= 15 is 0 Å². The minimum absolute atomic E-state index is 0.173. The van der Waals surface area contributed by atoms with Crippen LogP contribution in [0.5, 0.6) is 0 Å². The van der Waals surface area contributed by atoms with Crippen LogP contribution < -0.4 is 5.32 Å². The number of aliphatic hydroxyl groups excluding tert-OH is 5. The summed E-state index contributed by atoms with van der Waals surface area (Å²) < 4.78 is 11.2. The third-order valence-electron chi connectivity index (χ3n) is 13.1. The van der Waals surface area contributed by atoms with Gasteiger partial charge in [0.25, 0.3) is 0 Å². The number of carbonyl (C=O) groups is 1. The van der Waals surface area contributed by atoms with Gasteiger partial charge < -0.3 is 40.3 Å². The van der Waals surface area contributed by atoms with Crippen molar-refractivity contribution in [1.29, 1.82) is 0 Å². The zero-order valence-electron chi connectivity index (χ0n) is 40.6. The molecule has 0 bridgehead atoms. The van der Waals surface area contributed by atoms with E-state index in [-0.39, 0.29) is 12.5 Å². The zero-order chi connectivity index (χ0) is 45.1. The SMILES string of the molecule is CCCCCCCCCCCCCCCCCCCCCCCCC/C=C/C(O)C(COC1OC(CO)C(O)C(O)C1O)NC(=O)CCCCCCCCCCCCCCCC. The number of ether oxygens (including phenoxy) is 2. The highest BCUT2D eigenvalue weighted by atomic mass is 16.7. The number of allylic oxidation sites excluding steroid dienone is 1. The van der Waals surface area contributed by atoms with E-state index in [2.05, 4.69) is 19.2 Å². The number of nitrogens with one attached hydrogen (secondary N) is 1. The average molecular weight is 882 g/mol. The maximum Gasteiger partial charge on any atom is 0.220 e. The number of unbranched alkanes of at least 4 members (excludes halogenated alkanes) is 36. The van der Waals surface area contributed by atoms with Gasteiger partial charge in [-0.1, -0.05) is 251 Å². The average Bonchev–Trinajstić information content (AvgIpc) is 3.27. The van der Waals surface area contributed by atoms with Gasteiger partial charge in [-0.25, -0.2) is 0 Å². The molecule has 1 amide bonds. The summed E-state index contributed by atoms with van der Waals surface area (Å²) in [5.74, 6) is -0.173. The summed E-state index contributed by atoms with van der Waals surface area (Å²) in [6, 6.07) is -0.799. The van der Waals surface area contributed by atoms with Crippen molar-refractivity contribution < 1.29 is 39.8 Å². The Bertz CT molecular complexity index is 981. The van der Waals surface area contributed by atoms with Gasteiger partial charge in [0.1, 0.15) is 24.4 Å². The second-order valence-corrected chi connectivity index (χ2v) is 19.0. The van der Waals surface area contributed by atoms with Gasteiger partial charge in [0.2, 0.25) is 5.91 Å². The minimum atomic E-state index is -1.56. The van der Waals surface area contributed by atoms with E-state index in [9.17, 15) is 30.3 Å². The number of rotatable bonds is 46. The van der Waals surface area contributed by atoms with E-state index < -0.39 is 49.5 Å². The van der Waals surface area contributed by atoms with Crippen molar-refractivity contribution in [3.8, 4) is 0 Å². The van der Waals surface area contributed by atoms with Crippen LogP contribution in [0.15, 0.2) is 12.2 Å². The highest BCUT2D eigenvalue weighted by molar-refractivity contribution is 5.76. The Labute approximate surface area is 382 Å². The fourth-order valence-electron chi connectivity index (χ4n) is 8.81. The highest BCUT2D eigenvalue weighted by Gasteiger charge is 2.44. The first-order valence-corrected chi connectivity index (χ1v) is 26.9. The van der Waals surface area contributed by atoms with Gasteiger partial charge in [-0.15, -0.1) is 0 Å². The summed E-state index contributed by atoms with van der Waals surface area (Å²) >= 11 is 0. The fraction of sp³-hybridized carbons (Fsp3) is 0.943. The van der Waals surface area contributed by atoms with Crippen LogP contribution in [-0.2, 0) is 14.3 Å². The second kappa shape index (κ2) is 43.8. The second-order valence-electron chi connectivity index (χ2n) is 19.0. The summed E-state index contributed by atoms with van der Waals surface area (Å²) in [5.41, 5.74) is 0. The van der Waals surface area contributed by atoms with E-state index in [1.807, 2.05) is 6.08 Å². The van der Waals surface area contributed by atoms with Gasteiger partial charge in [-0.2, -0.15) is 0 Å². The van der Waals surface area contributed by atoms with E-state index in [0.29, 0.717) is 6.42 Å². The van der Waals surface area contributed by atoms with Crippen LogP contribution >= 0.6 is 0 Å². The fourth-order valence-corrected chi connectivity index (χ4v) is 8.81. The molecule has 9 nitrogen and oxygen atoms in total. The van der Waals surface area contributed by atoms with Gasteiger partial charge in [0, 0.05) is 6.42 Å². The Morgan fingerprint density at radius 3 is 1.26 bits per heavy atom. The first-order chi connectivity index (χ1) is 30.3. The Kier molecular flexibility index (Phi) is 41.6. The van der Waals surface area contributed by atoms with Crippen LogP contribution in [0.3, 0.4) is 0 Å². The van der Waals surface area contributed by atoms with Crippen molar-refractivity contribution in [2.45, 2.75) is 307 Å². The van der Waals surface area contributed by atoms with Crippen LogP contribution in [0.4, 0.5) is 0 Å². The maximum atomic E-state index is 13.0. The molecule has 0 radical (unpaired) electrons. The summed E-state index contributed by atoms with van der Waals surface area (Å²) in [6.07, 6.45) is 45.6. The Hall–Kier alpha value is -1.07. The van der Waals surface area contributed by atoms with Crippen molar-refractivity contribution in [3.05, 3.63) is 12.2 Å². The summed E-state index contributed by atoms with van der Waals surface area (Å²) in [6.45, 7) is 3.80. The molecule has 1 aliphatic heterocycles. The number of aliphatic hydroxyl groups is 5. The zero-order valence-corrected chi connectivity index (χ0v) is 40.6. The monoisotopic (exact) mass is 882 g/mol. The lowest BCUT2D eigenvalue weighted by molar-refractivity contribution is -0.302. The Morgan fingerprint density at radius 2 is 0.887 bits per heavy atom. The lowest BCUT2D eigenvalue weighted by atomic mass is 9.99. The van der Waals surface area contributed by atoms with Gasteiger partial charge in [-0.3, -0.25) is 4.79 Å². The molecule has 0 aromatic carbocycles. The third-order valence-corrected chi connectivity index (χ3v) is 13.1. The number of carbonyl (C=O) groups excluding carboxylic acids is 1. The topological polar surface area (TPSA) is 149 Å². The lowest BCUT2D eigenvalue weighted by Crippen LogP contribution is -2.60. The molecular formula is C53H103NO8. The van der Waals surface area contributed by atoms with Crippen LogP contribution in [0.25, 0.3) is 0 Å². The summed E-state index contributed by atoms with van der Waals surface area (Å²) in [5, 5.41) is 54.4. The highest BCUT2D eigenvalue weighted by Crippen LogP contribution is 2.23. The molecule has 0 aromatic heterocycles. The van der Waals surface area contributed by atoms with Gasteiger partial charge in [-0.05, 0) is 19.3 Å². The van der Waals surface area contributed by atoms with Crippen molar-refractivity contribution >= 4 is 5.91 Å². The molecule has 0 aliphatic carbocycles. The third kappa shape index (κ3) is 33.4. The Balaban J connectivity index is 2.23. The molecule has 1 heterocycles. The van der Waals surface area contributed by atoms with Crippen LogP contribution in [0.2, 0.25) is 0 Å². The molecule has 7 unspecified atom stereocenters. The molecule has 1 aliphatic rings. The van der Waals surface area contributed by atoms with Crippen LogP contribution in [0.1, 0.15) is 264 Å². The number of amides is 1. The molecule has 1 saturated heterocycles. The van der Waals surface area contributed by atoms with E-state index in [4.69, 9.17) is 9.47 Å². The van der Waals surface area contributed by atoms with Crippen molar-refractivity contribution in [1.82, 2.24) is 5.32 Å². The number of hydrogen-bond acceptors (Lipinski definition) is 8. The first kappa shape index (κ1) is 58.9. The van der Waals surface area contributed by atoms with Gasteiger partial charge in [0.15, 0.2) is 6.29 Å². The lowest BCUT2D eigenvalue weighted by Gasteiger charge is -2.40. The molecule has 0 aromatic rings. The largest absolute Gasteiger partial charge is 0.394 e. The molecule has 0 saturated carbocycles. The van der Waals surface area contributed by atoms with Crippen molar-refractivity contribution in [2.75, 3.05) is 13.2 Å². The first-order valence-electron chi connectivity index (χ1n) is 26.9. The Morgan fingerprint density at radius 1 is 0.532 bits per heavy atom. The quantitative estimate of drug-likeness (QED) is 0.0261. The molecule has 62 heavy (non-hydrogen) atoms. The molecule has 9 heteroatoms. The molecule has 0 spiro atoms. The number of hydrogen-bond donors (Lipinski definition) is 6. The minimum Gasteiger partial charge on any atom is -0.394 e. The van der Waals surface area contributed by atoms with E-state index in [1.165, 1.54) is 205 Å². The molecule has 368 valence electrons. The van der Waals surface area contributed by atoms with E-state index in [0.717, 1.165) is 38.5 Å². The summed E-state index contributed by atoms with van der Waals surface area (Å²) in [7, 11) is 0. The molecule has 7 atom stereocenters. The van der Waals surface area contributed by atoms with Crippen molar-refractivity contribution in [3.63, 3.8) is 0 Å². The summed E-state index contributed by atoms with van der Waals surface area (Å²) in [4.78, 5) is 13.0. The maximum absolute atomic E-state index is 13.0. The molecular weight excluding hydrogens is 779 g/mol. The molecule has 1 fully saturated rings. The smallest absolute Gasteiger partial charge is 0.220 e. The van der Waals surface area contributed by atoms with Gasteiger partial charge in [0.05, 0.1) is 25.4 Å². The van der Waals surface area contributed by atoms with Gasteiger partial charge >= 0.3 is 0 Å². The molecule has 1 rings (SSSR count). The normalized spacial score (nSPS) is 20.3. The van der Waals surface area contributed by atoms with E-state index in [1.54, 1.807) is 6.08 Å². The standard InChI is InChI=1S/C53H103NO8/c1-3-5-7-9-11-13-15-17-19-20-21-22-23-24-25-26-27-28-29-30-32-34-36-38-40-42-47(56)46(45-61-53-52(60)51(59)50(58)48(44-55)62-53)54-49(57)43-41-39-37-35-33-31-18-16-14-12-10-8-6-4-2/h40,42,46-48,50-53,55-56,58-60H,3-39,41,43-45H2,1-2H3,(H,54,57)/b42-40+. The van der Waals surface area contributed by atoms with Crippen LogP contribution in [0, 0.1) is 0 Å². The predicted molar refractivity (Wildman–Crippen MR) is 258 cm³/mol. The predicted octanol–water partition coefficient (Wildman–Crippen LogP) is 12.5.